The lowest BCUT2D eigenvalue weighted by molar-refractivity contribution is -0.122. The fourth-order valence-electron chi connectivity index (χ4n) is 4.52. The molecule has 1 fully saturated rings. The van der Waals surface area contributed by atoms with Crippen molar-refractivity contribution in [3.63, 3.8) is 0 Å². The minimum atomic E-state index is -1.76. The lowest BCUT2D eigenvalue weighted by atomic mass is 9.87. The van der Waals surface area contributed by atoms with Crippen LogP contribution in [0, 0.1) is 11.6 Å². The summed E-state index contributed by atoms with van der Waals surface area (Å²) in [6, 6.07) is 11.7. The first kappa shape index (κ1) is 20.6. The van der Waals surface area contributed by atoms with Crippen molar-refractivity contribution < 1.29 is 33.0 Å². The molecule has 5 rings (SSSR count). The van der Waals surface area contributed by atoms with E-state index in [1.807, 2.05) is 0 Å². The van der Waals surface area contributed by atoms with Crippen LogP contribution in [0.2, 0.25) is 0 Å². The summed E-state index contributed by atoms with van der Waals surface area (Å²) in [4.78, 5) is 36.3. The summed E-state index contributed by atoms with van der Waals surface area (Å²) in [5.74, 6) is -3.51. The monoisotopic (exact) mass is 450 g/mol. The van der Waals surface area contributed by atoms with Crippen molar-refractivity contribution in [2.24, 2.45) is 0 Å². The maximum Gasteiger partial charge on any atom is 0.336 e. The van der Waals surface area contributed by atoms with E-state index in [9.17, 15) is 23.9 Å². The number of nitrogens with one attached hydrogen (secondary N) is 2. The van der Waals surface area contributed by atoms with Crippen molar-refractivity contribution in [1.82, 2.24) is 10.6 Å². The number of fused-ring (bicyclic) bond motifs is 5. The maximum atomic E-state index is 15.2. The fraction of sp³-hybridized carbons (Fsp3) is 0.125. The van der Waals surface area contributed by atoms with Gasteiger partial charge >= 0.3 is 12.0 Å². The number of halogens is 2. The van der Waals surface area contributed by atoms with Crippen molar-refractivity contribution in [3.05, 3.63) is 88.5 Å². The molecule has 3 aromatic carbocycles. The first-order valence-corrected chi connectivity index (χ1v) is 9.99. The number of urea groups is 1. The molecule has 0 saturated carbocycles. The zero-order chi connectivity index (χ0) is 23.5. The molecule has 33 heavy (non-hydrogen) atoms. The molecule has 3 amide bonds. The van der Waals surface area contributed by atoms with E-state index in [0.717, 1.165) is 12.1 Å². The van der Waals surface area contributed by atoms with E-state index in [2.05, 4.69) is 10.6 Å². The summed E-state index contributed by atoms with van der Waals surface area (Å²) >= 11 is 0. The SMILES string of the molecule is C[C@H](Oc1cc2c(cc1F)C1(NC(=O)NC1=O)c1cc(F)ccc1-2)c1ccccc1C(=O)O. The van der Waals surface area contributed by atoms with Crippen LogP contribution >= 0.6 is 0 Å². The minimum absolute atomic E-state index is 0.0247. The van der Waals surface area contributed by atoms with Gasteiger partial charge in [0.25, 0.3) is 5.91 Å². The standard InChI is InChI=1S/C24H16F2N2O5/c1-11(13-4-2-3-5-15(13)21(29)30)33-20-9-16-14-7-6-12(25)8-17(14)24(18(16)10-19(20)26)22(31)27-23(32)28-24/h2-11H,1H3,(H,29,30)(H2,27,28,31,32)/t11-,24?/m0/s1. The van der Waals surface area contributed by atoms with Crippen molar-refractivity contribution in [2.45, 2.75) is 18.6 Å². The molecule has 1 saturated heterocycles. The number of carbonyl (C=O) groups is 3. The summed E-state index contributed by atoms with van der Waals surface area (Å²) in [7, 11) is 0. The lowest BCUT2D eigenvalue weighted by Gasteiger charge is -2.24. The number of hydrogen-bond acceptors (Lipinski definition) is 4. The molecule has 3 aromatic rings. The fourth-order valence-corrected chi connectivity index (χ4v) is 4.52. The van der Waals surface area contributed by atoms with E-state index < -0.39 is 41.2 Å². The first-order valence-electron chi connectivity index (χ1n) is 9.99. The molecule has 1 heterocycles. The normalized spacial score (nSPS) is 19.0. The number of amides is 3. The molecular weight excluding hydrogens is 434 g/mol. The largest absolute Gasteiger partial charge is 0.483 e. The van der Waals surface area contributed by atoms with Gasteiger partial charge in [0, 0.05) is 16.7 Å². The van der Waals surface area contributed by atoms with Crippen molar-refractivity contribution in [1.29, 1.82) is 0 Å². The van der Waals surface area contributed by atoms with Gasteiger partial charge in [0.2, 0.25) is 0 Å². The topological polar surface area (TPSA) is 105 Å². The van der Waals surface area contributed by atoms with E-state index in [-0.39, 0.29) is 22.4 Å². The average molecular weight is 450 g/mol. The number of ether oxygens (including phenoxy) is 1. The van der Waals surface area contributed by atoms with Crippen LogP contribution in [-0.4, -0.2) is 23.0 Å². The number of aromatic carboxylic acids is 1. The highest BCUT2D eigenvalue weighted by Gasteiger charge is 2.55. The predicted molar refractivity (Wildman–Crippen MR) is 112 cm³/mol. The van der Waals surface area contributed by atoms with Crippen LogP contribution < -0.4 is 15.4 Å². The number of imide groups is 1. The Labute approximate surface area is 186 Å². The second-order valence-electron chi connectivity index (χ2n) is 7.83. The molecule has 2 aliphatic rings. The Bertz CT molecular complexity index is 1370. The molecule has 1 spiro atoms. The summed E-state index contributed by atoms with van der Waals surface area (Å²) in [5.41, 5.74) is -0.228. The summed E-state index contributed by atoms with van der Waals surface area (Å²) in [5, 5.41) is 14.1. The Morgan fingerprint density at radius 1 is 1.03 bits per heavy atom. The van der Waals surface area contributed by atoms with Crippen LogP contribution in [0.15, 0.2) is 54.6 Å². The van der Waals surface area contributed by atoms with Gasteiger partial charge in [-0.2, -0.15) is 0 Å². The Morgan fingerprint density at radius 2 is 1.76 bits per heavy atom. The molecule has 1 unspecified atom stereocenters. The highest BCUT2D eigenvalue weighted by molar-refractivity contribution is 6.13. The summed E-state index contributed by atoms with van der Waals surface area (Å²) < 4.78 is 35.0. The Hall–Kier alpha value is -4.27. The van der Waals surface area contributed by atoms with Gasteiger partial charge in [0.15, 0.2) is 17.1 Å². The quantitative estimate of drug-likeness (QED) is 0.524. The van der Waals surface area contributed by atoms with E-state index in [0.29, 0.717) is 16.7 Å². The third kappa shape index (κ3) is 2.96. The highest BCUT2D eigenvalue weighted by Crippen LogP contribution is 2.51. The molecular formula is C24H16F2N2O5. The molecule has 9 heteroatoms. The number of rotatable bonds is 4. The number of carboxylic acid groups (broad SMARTS) is 1. The molecule has 7 nitrogen and oxygen atoms in total. The smallest absolute Gasteiger partial charge is 0.336 e. The second-order valence-corrected chi connectivity index (χ2v) is 7.83. The van der Waals surface area contributed by atoms with E-state index in [1.54, 1.807) is 25.1 Å². The number of benzene rings is 3. The van der Waals surface area contributed by atoms with E-state index in [1.165, 1.54) is 24.3 Å². The molecule has 166 valence electrons. The lowest BCUT2D eigenvalue weighted by Crippen LogP contribution is -2.43. The number of carboxylic acids is 1. The number of hydrogen-bond donors (Lipinski definition) is 3. The van der Waals surface area contributed by atoms with Crippen LogP contribution in [0.25, 0.3) is 11.1 Å². The van der Waals surface area contributed by atoms with Gasteiger partial charge in [0.1, 0.15) is 11.9 Å². The van der Waals surface area contributed by atoms with Gasteiger partial charge in [-0.3, -0.25) is 10.1 Å². The molecule has 1 aliphatic heterocycles. The molecule has 0 aromatic heterocycles. The van der Waals surface area contributed by atoms with Crippen LogP contribution in [0.4, 0.5) is 13.6 Å². The maximum absolute atomic E-state index is 15.2. The van der Waals surface area contributed by atoms with Crippen LogP contribution in [0.1, 0.15) is 40.1 Å². The molecule has 1 aliphatic carbocycles. The van der Waals surface area contributed by atoms with Gasteiger partial charge < -0.3 is 15.2 Å². The zero-order valence-electron chi connectivity index (χ0n) is 17.1. The molecule has 0 radical (unpaired) electrons. The van der Waals surface area contributed by atoms with Crippen molar-refractivity contribution >= 4 is 17.9 Å². The van der Waals surface area contributed by atoms with Gasteiger partial charge in [-0.1, -0.05) is 24.3 Å². The highest BCUT2D eigenvalue weighted by atomic mass is 19.1. The third-order valence-corrected chi connectivity index (χ3v) is 5.95. The first-order chi connectivity index (χ1) is 15.7. The van der Waals surface area contributed by atoms with Crippen LogP contribution in [0.3, 0.4) is 0 Å². The molecule has 3 N–H and O–H groups in total. The van der Waals surface area contributed by atoms with Crippen LogP contribution in [-0.2, 0) is 10.3 Å². The second kappa shape index (κ2) is 7.13. The van der Waals surface area contributed by atoms with Crippen LogP contribution in [0.5, 0.6) is 5.75 Å². The third-order valence-electron chi connectivity index (χ3n) is 5.95. The van der Waals surface area contributed by atoms with Crippen molar-refractivity contribution in [2.75, 3.05) is 0 Å². The zero-order valence-corrected chi connectivity index (χ0v) is 17.1. The van der Waals surface area contributed by atoms with Gasteiger partial charge in [-0.15, -0.1) is 0 Å². The summed E-state index contributed by atoms with van der Waals surface area (Å²) in [6.07, 6.45) is -0.817. The van der Waals surface area contributed by atoms with Gasteiger partial charge in [-0.25, -0.2) is 18.4 Å². The summed E-state index contributed by atoms with van der Waals surface area (Å²) in [6.45, 7) is 1.59. The molecule has 0 bridgehead atoms. The Kier molecular flexibility index (Phi) is 4.45. The predicted octanol–water partition coefficient (Wildman–Crippen LogP) is 3.87. The Balaban J connectivity index is 1.63. The average Bonchev–Trinajstić information content (AvgIpc) is 3.21. The van der Waals surface area contributed by atoms with Gasteiger partial charge in [-0.05, 0) is 48.4 Å². The Morgan fingerprint density at radius 3 is 2.45 bits per heavy atom. The minimum Gasteiger partial charge on any atom is -0.483 e. The van der Waals surface area contributed by atoms with E-state index in [4.69, 9.17) is 4.74 Å². The molecule has 2 atom stereocenters. The number of carbonyl (C=O) groups excluding carboxylic acids is 2. The van der Waals surface area contributed by atoms with Crippen molar-refractivity contribution in [3.8, 4) is 16.9 Å². The van der Waals surface area contributed by atoms with E-state index >= 15 is 4.39 Å². The van der Waals surface area contributed by atoms with Gasteiger partial charge in [0.05, 0.1) is 5.56 Å².